The third-order valence-corrected chi connectivity index (χ3v) is 2.78. The van der Waals surface area contributed by atoms with E-state index in [9.17, 15) is 4.79 Å². The molecule has 0 spiro atoms. The van der Waals surface area contributed by atoms with E-state index in [4.69, 9.17) is 16.3 Å². The monoisotopic (exact) mass is 270 g/mol. The minimum absolute atomic E-state index is 0.0899. The molecular weight excluding hydrogens is 256 g/mol. The molecule has 6 nitrogen and oxygen atoms in total. The van der Waals surface area contributed by atoms with Gasteiger partial charge in [0.05, 0.1) is 5.56 Å². The number of nitrogens with zero attached hydrogens (tertiary/aromatic N) is 2. The Bertz CT molecular complexity index is 653. The van der Waals surface area contributed by atoms with E-state index >= 15 is 0 Å². The lowest BCUT2D eigenvalue weighted by atomic mass is 10.1. The van der Waals surface area contributed by atoms with Crippen LogP contribution in [0.4, 0.5) is 5.69 Å². The Kier molecular flexibility index (Phi) is 3.95. The molecule has 0 aliphatic heterocycles. The predicted molar refractivity (Wildman–Crippen MR) is 76.0 cm³/mol. The second kappa shape index (κ2) is 5.83. The lowest BCUT2D eigenvalue weighted by Gasteiger charge is -2.06. The van der Waals surface area contributed by atoms with Gasteiger partial charge in [-0.2, -0.15) is 0 Å². The van der Waals surface area contributed by atoms with Crippen molar-refractivity contribution >= 4 is 17.5 Å². The molecule has 6 heteroatoms. The summed E-state index contributed by atoms with van der Waals surface area (Å²) in [6.45, 7) is 1.82. The van der Waals surface area contributed by atoms with Crippen LogP contribution in [0.5, 0.6) is 0 Å². The number of anilines is 1. The number of pyridine rings is 1. The van der Waals surface area contributed by atoms with Gasteiger partial charge in [-0.05, 0) is 30.7 Å². The number of nitrogens with two attached hydrogens (primary N) is 2. The Morgan fingerprint density at radius 1 is 1.30 bits per heavy atom. The number of hydrogen-bond donors (Lipinski definition) is 2. The zero-order chi connectivity index (χ0) is 14.5. The second-order valence-electron chi connectivity index (χ2n) is 4.12. The molecule has 1 aromatic heterocycles. The fraction of sp³-hybridized carbons (Fsp3) is 0.0714. The fourth-order valence-electron chi connectivity index (χ4n) is 1.61. The summed E-state index contributed by atoms with van der Waals surface area (Å²) in [5.74, 6) is -0.533. The molecule has 0 aliphatic rings. The number of oxime groups is 1. The summed E-state index contributed by atoms with van der Waals surface area (Å²) in [6.07, 6.45) is 2.95. The molecule has 0 aliphatic carbocycles. The number of nitrogen functional groups attached to an aromatic ring is 1. The van der Waals surface area contributed by atoms with E-state index < -0.39 is 5.97 Å². The number of aromatic nitrogens is 1. The van der Waals surface area contributed by atoms with Gasteiger partial charge in [0.15, 0.2) is 5.84 Å². The molecule has 2 aromatic rings. The van der Waals surface area contributed by atoms with Crippen molar-refractivity contribution in [2.75, 3.05) is 5.73 Å². The number of rotatable bonds is 3. The maximum atomic E-state index is 11.7. The first-order chi connectivity index (χ1) is 9.59. The Morgan fingerprint density at radius 2 is 2.10 bits per heavy atom. The quantitative estimate of drug-likeness (QED) is 0.289. The van der Waals surface area contributed by atoms with Crippen LogP contribution in [-0.4, -0.2) is 16.8 Å². The van der Waals surface area contributed by atoms with Crippen molar-refractivity contribution in [3.05, 3.63) is 59.4 Å². The third kappa shape index (κ3) is 2.92. The molecule has 0 saturated carbocycles. The SMILES string of the molecule is Cc1c(N)cccc1/C(N)=N/OC(=O)c1cccnc1. The first-order valence-electron chi connectivity index (χ1n) is 5.90. The Labute approximate surface area is 116 Å². The van der Waals surface area contributed by atoms with Crippen LogP contribution in [0, 0.1) is 6.92 Å². The van der Waals surface area contributed by atoms with E-state index in [1.54, 1.807) is 36.5 Å². The Balaban J connectivity index is 2.16. The van der Waals surface area contributed by atoms with E-state index in [2.05, 4.69) is 10.1 Å². The van der Waals surface area contributed by atoms with Gasteiger partial charge in [-0.3, -0.25) is 4.98 Å². The molecule has 1 heterocycles. The van der Waals surface area contributed by atoms with Gasteiger partial charge in [0.1, 0.15) is 0 Å². The van der Waals surface area contributed by atoms with Crippen molar-refractivity contribution in [3.63, 3.8) is 0 Å². The highest BCUT2D eigenvalue weighted by molar-refractivity contribution is 6.00. The van der Waals surface area contributed by atoms with Crippen LogP contribution in [0.15, 0.2) is 47.9 Å². The summed E-state index contributed by atoms with van der Waals surface area (Å²) < 4.78 is 0. The van der Waals surface area contributed by atoms with Crippen molar-refractivity contribution < 1.29 is 9.63 Å². The van der Waals surface area contributed by atoms with Gasteiger partial charge in [-0.15, -0.1) is 0 Å². The van der Waals surface area contributed by atoms with Crippen LogP contribution in [0.1, 0.15) is 21.5 Å². The number of carbonyl (C=O) groups excluding carboxylic acids is 1. The topological polar surface area (TPSA) is 104 Å². The fourth-order valence-corrected chi connectivity index (χ4v) is 1.61. The summed E-state index contributed by atoms with van der Waals surface area (Å²) in [7, 11) is 0. The highest BCUT2D eigenvalue weighted by atomic mass is 16.7. The van der Waals surface area contributed by atoms with Crippen LogP contribution in [-0.2, 0) is 4.84 Å². The van der Waals surface area contributed by atoms with Crippen molar-refractivity contribution in [2.45, 2.75) is 6.92 Å². The van der Waals surface area contributed by atoms with Gasteiger partial charge in [-0.25, -0.2) is 4.79 Å². The number of amidine groups is 1. The summed E-state index contributed by atoms with van der Waals surface area (Å²) in [5.41, 5.74) is 13.9. The number of hydrogen-bond acceptors (Lipinski definition) is 5. The van der Waals surface area contributed by atoms with Gasteiger partial charge in [0, 0.05) is 23.6 Å². The molecule has 4 N–H and O–H groups in total. The molecule has 0 saturated heterocycles. The molecule has 0 atom stereocenters. The Morgan fingerprint density at radius 3 is 2.80 bits per heavy atom. The van der Waals surface area contributed by atoms with Crippen LogP contribution < -0.4 is 11.5 Å². The lowest BCUT2D eigenvalue weighted by Crippen LogP contribution is -2.17. The van der Waals surface area contributed by atoms with E-state index in [0.717, 1.165) is 5.56 Å². The van der Waals surface area contributed by atoms with Crippen molar-refractivity contribution in [1.82, 2.24) is 4.98 Å². The maximum Gasteiger partial charge on any atom is 0.367 e. The summed E-state index contributed by atoms with van der Waals surface area (Å²) >= 11 is 0. The molecule has 0 bridgehead atoms. The largest absolute Gasteiger partial charge is 0.398 e. The molecule has 0 fully saturated rings. The predicted octanol–water partition coefficient (Wildman–Crippen LogP) is 1.45. The second-order valence-corrected chi connectivity index (χ2v) is 4.12. The van der Waals surface area contributed by atoms with Crippen molar-refractivity contribution in [1.29, 1.82) is 0 Å². The van der Waals surface area contributed by atoms with E-state index in [1.165, 1.54) is 6.20 Å². The van der Waals surface area contributed by atoms with Crippen LogP contribution >= 0.6 is 0 Å². The van der Waals surface area contributed by atoms with Gasteiger partial charge in [0.2, 0.25) is 0 Å². The highest BCUT2D eigenvalue weighted by Crippen LogP contribution is 2.15. The van der Waals surface area contributed by atoms with E-state index in [-0.39, 0.29) is 5.84 Å². The smallest absolute Gasteiger partial charge is 0.367 e. The molecule has 0 unspecified atom stereocenters. The normalized spacial score (nSPS) is 11.2. The van der Waals surface area contributed by atoms with Crippen LogP contribution in [0.2, 0.25) is 0 Å². The van der Waals surface area contributed by atoms with Gasteiger partial charge < -0.3 is 16.3 Å². The molecule has 1 aromatic carbocycles. The van der Waals surface area contributed by atoms with Gasteiger partial charge in [-0.1, -0.05) is 17.3 Å². The average molecular weight is 270 g/mol. The molecule has 0 amide bonds. The minimum atomic E-state index is -0.623. The Hall–Kier alpha value is -2.89. The molecule has 0 radical (unpaired) electrons. The van der Waals surface area contributed by atoms with E-state index in [1.807, 2.05) is 6.92 Å². The molecule has 20 heavy (non-hydrogen) atoms. The zero-order valence-electron chi connectivity index (χ0n) is 10.9. The van der Waals surface area contributed by atoms with Crippen LogP contribution in [0.25, 0.3) is 0 Å². The first kappa shape index (κ1) is 13.5. The molecular formula is C14H14N4O2. The summed E-state index contributed by atoms with van der Waals surface area (Å²) in [5, 5.41) is 3.63. The van der Waals surface area contributed by atoms with Gasteiger partial charge >= 0.3 is 5.97 Å². The lowest BCUT2D eigenvalue weighted by molar-refractivity contribution is 0.0515. The molecule has 102 valence electrons. The summed E-state index contributed by atoms with van der Waals surface area (Å²) in [6, 6.07) is 8.47. The minimum Gasteiger partial charge on any atom is -0.398 e. The molecule has 2 rings (SSSR count). The average Bonchev–Trinajstić information content (AvgIpc) is 2.48. The highest BCUT2D eigenvalue weighted by Gasteiger charge is 2.09. The number of benzene rings is 1. The third-order valence-electron chi connectivity index (χ3n) is 2.78. The first-order valence-corrected chi connectivity index (χ1v) is 5.90. The van der Waals surface area contributed by atoms with Gasteiger partial charge in [0.25, 0.3) is 0 Å². The van der Waals surface area contributed by atoms with Crippen LogP contribution in [0.3, 0.4) is 0 Å². The standard InChI is InChI=1S/C14H14N4O2/c1-9-11(5-2-6-12(9)15)13(16)18-20-14(19)10-4-3-7-17-8-10/h2-8H,15H2,1H3,(H2,16,18). The van der Waals surface area contributed by atoms with Crippen molar-refractivity contribution in [2.24, 2.45) is 10.9 Å². The van der Waals surface area contributed by atoms with E-state index in [0.29, 0.717) is 16.8 Å². The zero-order valence-corrected chi connectivity index (χ0v) is 10.9. The van der Waals surface area contributed by atoms with Crippen molar-refractivity contribution in [3.8, 4) is 0 Å². The maximum absolute atomic E-state index is 11.7. The number of carbonyl (C=O) groups is 1. The summed E-state index contributed by atoms with van der Waals surface area (Å²) in [4.78, 5) is 20.3.